The van der Waals surface area contributed by atoms with Crippen LogP contribution in [-0.2, 0) is 28.6 Å². The molecule has 0 unspecified atom stereocenters. The zero-order valence-electron chi connectivity index (χ0n) is 48.5. The molecule has 72 heavy (non-hydrogen) atoms. The van der Waals surface area contributed by atoms with Crippen molar-refractivity contribution in [2.75, 3.05) is 13.2 Å². The van der Waals surface area contributed by atoms with Crippen LogP contribution in [0, 0.1) is 0 Å². The minimum Gasteiger partial charge on any atom is -0.462 e. The molecular formula is C66H122O6. The van der Waals surface area contributed by atoms with Crippen molar-refractivity contribution < 1.29 is 28.6 Å². The van der Waals surface area contributed by atoms with Gasteiger partial charge in [-0.2, -0.15) is 0 Å². The summed E-state index contributed by atoms with van der Waals surface area (Å²) in [4.78, 5) is 38.3. The monoisotopic (exact) mass is 1010 g/mol. The molecule has 0 N–H and O–H groups in total. The lowest BCUT2D eigenvalue weighted by Crippen LogP contribution is -2.30. The third-order valence-electron chi connectivity index (χ3n) is 14.4. The van der Waals surface area contributed by atoms with E-state index in [4.69, 9.17) is 14.2 Å². The number of esters is 3. The quantitative estimate of drug-likeness (QED) is 0.0261. The molecule has 0 aliphatic rings. The van der Waals surface area contributed by atoms with E-state index in [0.717, 1.165) is 83.5 Å². The van der Waals surface area contributed by atoms with Crippen LogP contribution in [0.1, 0.15) is 348 Å². The fourth-order valence-electron chi connectivity index (χ4n) is 9.57. The van der Waals surface area contributed by atoms with Gasteiger partial charge in [-0.15, -0.1) is 0 Å². The number of ether oxygens (including phenoxy) is 3. The molecule has 0 rings (SSSR count). The van der Waals surface area contributed by atoms with Crippen molar-refractivity contribution in [3.8, 4) is 0 Å². The number of rotatable bonds is 59. The first-order valence-corrected chi connectivity index (χ1v) is 32.0. The van der Waals surface area contributed by atoms with Gasteiger partial charge in [-0.3, -0.25) is 14.4 Å². The molecule has 0 saturated heterocycles. The first-order valence-electron chi connectivity index (χ1n) is 32.0. The number of carbonyl (C=O) groups excluding carboxylic acids is 3. The summed E-state index contributed by atoms with van der Waals surface area (Å²) in [5.41, 5.74) is 0. The van der Waals surface area contributed by atoms with Crippen LogP contribution in [0.3, 0.4) is 0 Å². The van der Waals surface area contributed by atoms with Crippen LogP contribution in [0.4, 0.5) is 0 Å². The van der Waals surface area contributed by atoms with E-state index in [1.165, 1.54) is 225 Å². The molecule has 0 aliphatic carbocycles. The highest BCUT2D eigenvalue weighted by Gasteiger charge is 2.19. The molecule has 0 aromatic rings. The first kappa shape index (κ1) is 69.6. The molecular weight excluding hydrogens is 889 g/mol. The molecule has 6 heteroatoms. The fraction of sp³-hybridized carbons (Fsp3) is 0.864. The molecule has 0 spiro atoms. The van der Waals surface area contributed by atoms with Gasteiger partial charge in [0.2, 0.25) is 0 Å². The summed E-state index contributed by atoms with van der Waals surface area (Å²) >= 11 is 0. The second-order valence-corrected chi connectivity index (χ2v) is 21.7. The summed E-state index contributed by atoms with van der Waals surface area (Å²) < 4.78 is 16.9. The van der Waals surface area contributed by atoms with Gasteiger partial charge in [0.05, 0.1) is 0 Å². The lowest BCUT2D eigenvalue weighted by atomic mass is 10.0. The Morgan fingerprint density at radius 3 is 0.806 bits per heavy atom. The lowest BCUT2D eigenvalue weighted by molar-refractivity contribution is -0.167. The number of unbranched alkanes of at least 4 members (excludes halogenated alkanes) is 42. The second kappa shape index (κ2) is 61.2. The Balaban J connectivity index is 4.35. The van der Waals surface area contributed by atoms with E-state index in [1.54, 1.807) is 0 Å². The van der Waals surface area contributed by atoms with Crippen LogP contribution >= 0.6 is 0 Å². The molecule has 1 atom stereocenters. The highest BCUT2D eigenvalue weighted by molar-refractivity contribution is 5.71. The summed E-state index contributed by atoms with van der Waals surface area (Å²) in [5.74, 6) is -0.870. The molecule has 0 bridgehead atoms. The lowest BCUT2D eigenvalue weighted by Gasteiger charge is -2.18. The van der Waals surface area contributed by atoms with Gasteiger partial charge in [0.25, 0.3) is 0 Å². The smallest absolute Gasteiger partial charge is 0.306 e. The van der Waals surface area contributed by atoms with E-state index in [9.17, 15) is 14.4 Å². The van der Waals surface area contributed by atoms with Crippen molar-refractivity contribution in [3.63, 3.8) is 0 Å². The van der Waals surface area contributed by atoms with E-state index < -0.39 is 6.10 Å². The average molecular weight is 1010 g/mol. The molecule has 0 aliphatic heterocycles. The van der Waals surface area contributed by atoms with Gasteiger partial charge in [-0.1, -0.05) is 308 Å². The van der Waals surface area contributed by atoms with Crippen molar-refractivity contribution in [2.45, 2.75) is 354 Å². The van der Waals surface area contributed by atoms with Gasteiger partial charge in [-0.25, -0.2) is 0 Å². The van der Waals surface area contributed by atoms with Crippen LogP contribution in [-0.4, -0.2) is 37.2 Å². The third kappa shape index (κ3) is 58.5. The Hall–Kier alpha value is -2.37. The first-order chi connectivity index (χ1) is 35.5. The number of allylic oxidation sites excluding steroid dienone is 6. The number of carbonyl (C=O) groups is 3. The SMILES string of the molecule is CCCCC/C=C\C/C=C\C/C=C\CCCCCCC(=O)OC[C@H](COC(=O)CCCCCCCCCCCCCCCCCCCCC)OC(=O)CCCCCCCCCCCCCCCCCCCC. The van der Waals surface area contributed by atoms with Crippen LogP contribution in [0.2, 0.25) is 0 Å². The summed E-state index contributed by atoms with van der Waals surface area (Å²) in [5, 5.41) is 0. The van der Waals surface area contributed by atoms with Crippen LogP contribution in [0.5, 0.6) is 0 Å². The highest BCUT2D eigenvalue weighted by atomic mass is 16.6. The van der Waals surface area contributed by atoms with Gasteiger partial charge in [0.15, 0.2) is 6.10 Å². The standard InChI is InChI=1S/C66H122O6/c1-4-7-10-13-16-19-22-25-28-31-33-36-38-41-44-47-50-53-56-59-65(68)71-62-63(61-70-64(67)58-55-52-49-46-43-40-37-34-30-27-24-21-18-15-12-9-6-3)72-66(69)60-57-54-51-48-45-42-39-35-32-29-26-23-20-17-14-11-8-5-2/h18,21,27,30,37,40,63H,4-17,19-20,22-26,28-29,31-36,38-39,41-62H2,1-3H3/b21-18-,30-27-,40-37-/t63-/m1/s1. The molecule has 0 aromatic heterocycles. The van der Waals surface area contributed by atoms with Gasteiger partial charge in [-0.05, 0) is 57.8 Å². The molecule has 0 amide bonds. The predicted octanol–water partition coefficient (Wildman–Crippen LogP) is 21.6. The summed E-state index contributed by atoms with van der Waals surface area (Å²) in [6.45, 7) is 6.66. The van der Waals surface area contributed by atoms with E-state index in [-0.39, 0.29) is 31.1 Å². The Bertz CT molecular complexity index is 1210. The Morgan fingerprint density at radius 2 is 0.500 bits per heavy atom. The fourth-order valence-corrected chi connectivity index (χ4v) is 9.57. The maximum Gasteiger partial charge on any atom is 0.306 e. The van der Waals surface area contributed by atoms with Crippen molar-refractivity contribution in [3.05, 3.63) is 36.5 Å². The average Bonchev–Trinajstić information content (AvgIpc) is 3.38. The summed E-state index contributed by atoms with van der Waals surface area (Å²) in [6, 6.07) is 0. The second-order valence-electron chi connectivity index (χ2n) is 21.7. The van der Waals surface area contributed by atoms with Gasteiger partial charge >= 0.3 is 17.9 Å². The van der Waals surface area contributed by atoms with Crippen molar-refractivity contribution in [1.29, 1.82) is 0 Å². The van der Waals surface area contributed by atoms with E-state index in [2.05, 4.69) is 57.2 Å². The normalized spacial score (nSPS) is 12.2. The van der Waals surface area contributed by atoms with E-state index >= 15 is 0 Å². The summed E-state index contributed by atoms with van der Waals surface area (Å²) in [7, 11) is 0. The maximum atomic E-state index is 12.9. The highest BCUT2D eigenvalue weighted by Crippen LogP contribution is 2.18. The van der Waals surface area contributed by atoms with Crippen molar-refractivity contribution in [1.82, 2.24) is 0 Å². The zero-order chi connectivity index (χ0) is 52.2. The Labute approximate surface area is 448 Å². The topological polar surface area (TPSA) is 78.9 Å². The van der Waals surface area contributed by atoms with Crippen LogP contribution < -0.4 is 0 Å². The Morgan fingerprint density at radius 1 is 0.278 bits per heavy atom. The van der Waals surface area contributed by atoms with E-state index in [1.807, 2.05) is 0 Å². The molecule has 0 heterocycles. The van der Waals surface area contributed by atoms with Gasteiger partial charge in [0.1, 0.15) is 13.2 Å². The molecule has 0 aromatic carbocycles. The minimum atomic E-state index is -0.778. The van der Waals surface area contributed by atoms with Crippen molar-refractivity contribution >= 4 is 17.9 Å². The van der Waals surface area contributed by atoms with Crippen LogP contribution in [0.15, 0.2) is 36.5 Å². The largest absolute Gasteiger partial charge is 0.462 e. The minimum absolute atomic E-state index is 0.0738. The predicted molar refractivity (Wildman–Crippen MR) is 312 cm³/mol. The zero-order valence-corrected chi connectivity index (χ0v) is 48.5. The molecule has 0 radical (unpaired) electrons. The summed E-state index contributed by atoms with van der Waals surface area (Å²) in [6.07, 6.45) is 74.3. The molecule has 0 fully saturated rings. The van der Waals surface area contributed by atoms with E-state index in [0.29, 0.717) is 19.3 Å². The number of hydrogen-bond acceptors (Lipinski definition) is 6. The van der Waals surface area contributed by atoms with Crippen LogP contribution in [0.25, 0.3) is 0 Å². The molecule has 422 valence electrons. The number of hydrogen-bond donors (Lipinski definition) is 0. The van der Waals surface area contributed by atoms with Gasteiger partial charge < -0.3 is 14.2 Å². The molecule has 0 saturated carbocycles. The molecule has 6 nitrogen and oxygen atoms in total. The van der Waals surface area contributed by atoms with Crippen molar-refractivity contribution in [2.24, 2.45) is 0 Å². The maximum absolute atomic E-state index is 12.9. The third-order valence-corrected chi connectivity index (χ3v) is 14.4. The van der Waals surface area contributed by atoms with Gasteiger partial charge in [0, 0.05) is 19.3 Å². The Kier molecular flexibility index (Phi) is 59.2.